The van der Waals surface area contributed by atoms with Crippen molar-refractivity contribution in [3.63, 3.8) is 0 Å². The van der Waals surface area contributed by atoms with Crippen molar-refractivity contribution in [3.8, 4) is 0 Å². The van der Waals surface area contributed by atoms with E-state index in [2.05, 4.69) is 10.2 Å². The van der Waals surface area contributed by atoms with E-state index in [1.165, 1.54) is 37.9 Å². The van der Waals surface area contributed by atoms with Gasteiger partial charge in [-0.2, -0.15) is 0 Å². The summed E-state index contributed by atoms with van der Waals surface area (Å²) >= 11 is 1.87. The highest BCUT2D eigenvalue weighted by atomic mass is 32.2. The fraction of sp³-hybridized carbons (Fsp3) is 0.923. The summed E-state index contributed by atoms with van der Waals surface area (Å²) < 4.78 is 0. The number of nitrogens with one attached hydrogen (secondary N) is 1. The molecule has 0 bridgehead atoms. The second-order valence-corrected chi connectivity index (χ2v) is 6.76. The molecule has 96 valence electrons. The average Bonchev–Trinajstić information content (AvgIpc) is 3.09. The van der Waals surface area contributed by atoms with E-state index in [1.807, 2.05) is 11.8 Å². The van der Waals surface area contributed by atoms with Crippen molar-refractivity contribution in [1.29, 1.82) is 0 Å². The van der Waals surface area contributed by atoms with Crippen molar-refractivity contribution in [3.05, 3.63) is 0 Å². The fourth-order valence-electron chi connectivity index (χ4n) is 3.48. The van der Waals surface area contributed by atoms with Crippen molar-refractivity contribution >= 4 is 17.7 Å². The molecule has 0 aromatic rings. The maximum atomic E-state index is 12.5. The van der Waals surface area contributed by atoms with Crippen LogP contribution in [0.1, 0.15) is 38.5 Å². The summed E-state index contributed by atoms with van der Waals surface area (Å²) in [7, 11) is 0. The molecule has 0 radical (unpaired) electrons. The number of nitrogens with zero attached hydrogens (tertiary/aromatic N) is 1. The van der Waals surface area contributed by atoms with Gasteiger partial charge < -0.3 is 10.2 Å². The van der Waals surface area contributed by atoms with Crippen molar-refractivity contribution in [2.45, 2.75) is 55.9 Å². The highest BCUT2D eigenvalue weighted by molar-refractivity contribution is 8.00. The summed E-state index contributed by atoms with van der Waals surface area (Å²) in [6.07, 6.45) is 7.27. The second kappa shape index (κ2) is 5.19. The number of amides is 1. The highest BCUT2D eigenvalue weighted by Gasteiger charge is 2.38. The molecule has 3 heterocycles. The van der Waals surface area contributed by atoms with Crippen LogP contribution >= 0.6 is 11.8 Å². The number of hydrogen-bond donors (Lipinski definition) is 1. The first-order chi connectivity index (χ1) is 8.36. The Morgan fingerprint density at radius 1 is 1.18 bits per heavy atom. The van der Waals surface area contributed by atoms with Gasteiger partial charge in [0.2, 0.25) is 5.91 Å². The lowest BCUT2D eigenvalue weighted by Crippen LogP contribution is -2.48. The van der Waals surface area contributed by atoms with E-state index in [4.69, 9.17) is 0 Å². The van der Waals surface area contributed by atoms with Gasteiger partial charge in [0.15, 0.2) is 0 Å². The molecule has 3 aliphatic heterocycles. The number of hydrogen-bond acceptors (Lipinski definition) is 3. The van der Waals surface area contributed by atoms with E-state index in [9.17, 15) is 4.79 Å². The zero-order chi connectivity index (χ0) is 11.7. The molecule has 3 rings (SSSR count). The molecule has 3 saturated heterocycles. The maximum Gasteiger partial charge on any atom is 0.235 e. The lowest BCUT2D eigenvalue weighted by Gasteiger charge is -2.31. The minimum Gasteiger partial charge on any atom is -0.337 e. The van der Waals surface area contributed by atoms with Gasteiger partial charge >= 0.3 is 0 Å². The lowest BCUT2D eigenvalue weighted by molar-refractivity contribution is -0.131. The van der Waals surface area contributed by atoms with E-state index in [0.717, 1.165) is 19.5 Å². The Morgan fingerprint density at radius 3 is 2.82 bits per heavy atom. The lowest BCUT2D eigenvalue weighted by atomic mass is 10.0. The first kappa shape index (κ1) is 11.8. The SMILES string of the molecule is O=C(C1CCCS1)N1CCCC1C1CCCN1. The molecule has 4 heteroatoms. The van der Waals surface area contributed by atoms with Crippen LogP contribution in [0.15, 0.2) is 0 Å². The van der Waals surface area contributed by atoms with Crippen molar-refractivity contribution in [2.24, 2.45) is 0 Å². The van der Waals surface area contributed by atoms with Crippen LogP contribution in [0.4, 0.5) is 0 Å². The summed E-state index contributed by atoms with van der Waals surface area (Å²) in [5.74, 6) is 1.61. The van der Waals surface area contributed by atoms with Crippen molar-refractivity contribution < 1.29 is 4.79 Å². The number of rotatable bonds is 2. The first-order valence-electron chi connectivity index (χ1n) is 7.02. The zero-order valence-corrected chi connectivity index (χ0v) is 11.2. The predicted molar refractivity (Wildman–Crippen MR) is 71.2 cm³/mol. The molecule has 1 N–H and O–H groups in total. The molecular weight excluding hydrogens is 232 g/mol. The molecule has 3 fully saturated rings. The van der Waals surface area contributed by atoms with Gasteiger partial charge in [-0.05, 0) is 50.8 Å². The van der Waals surface area contributed by atoms with Crippen LogP contribution in [-0.4, -0.2) is 47.0 Å². The molecule has 17 heavy (non-hydrogen) atoms. The van der Waals surface area contributed by atoms with Gasteiger partial charge in [-0.3, -0.25) is 4.79 Å². The average molecular weight is 254 g/mol. The zero-order valence-electron chi connectivity index (χ0n) is 10.4. The molecule has 0 spiro atoms. The summed E-state index contributed by atoms with van der Waals surface area (Å²) in [4.78, 5) is 14.7. The van der Waals surface area contributed by atoms with Gasteiger partial charge in [-0.25, -0.2) is 0 Å². The number of carbonyl (C=O) groups excluding carboxylic acids is 1. The van der Waals surface area contributed by atoms with E-state index in [0.29, 0.717) is 18.0 Å². The monoisotopic (exact) mass is 254 g/mol. The molecule has 0 aromatic carbocycles. The van der Waals surface area contributed by atoms with Crippen molar-refractivity contribution in [1.82, 2.24) is 10.2 Å². The third kappa shape index (κ3) is 2.34. The second-order valence-electron chi connectivity index (χ2n) is 5.45. The minimum absolute atomic E-state index is 0.275. The third-order valence-electron chi connectivity index (χ3n) is 4.35. The smallest absolute Gasteiger partial charge is 0.235 e. The molecule has 0 aromatic heterocycles. The topological polar surface area (TPSA) is 32.3 Å². The Labute approximate surface area is 108 Å². The van der Waals surface area contributed by atoms with Crippen LogP contribution in [0, 0.1) is 0 Å². The fourth-order valence-corrected chi connectivity index (χ4v) is 4.71. The van der Waals surface area contributed by atoms with Gasteiger partial charge in [0.25, 0.3) is 0 Å². The molecular formula is C13H22N2OS. The standard InChI is InChI=1S/C13H22N2OS/c16-13(12-6-3-9-17-12)15-8-2-5-11(15)10-4-1-7-14-10/h10-12,14H,1-9H2. The number of thioether (sulfide) groups is 1. The van der Waals surface area contributed by atoms with Crippen LogP contribution < -0.4 is 5.32 Å². The molecule has 0 aliphatic carbocycles. The van der Waals surface area contributed by atoms with Gasteiger partial charge in [-0.1, -0.05) is 0 Å². The molecule has 1 amide bonds. The Bertz CT molecular complexity index is 285. The largest absolute Gasteiger partial charge is 0.337 e. The summed E-state index contributed by atoms with van der Waals surface area (Å²) in [6, 6.07) is 1.07. The van der Waals surface area contributed by atoms with E-state index < -0.39 is 0 Å². The van der Waals surface area contributed by atoms with Gasteiger partial charge in [-0.15, -0.1) is 11.8 Å². The number of carbonyl (C=O) groups is 1. The van der Waals surface area contributed by atoms with Gasteiger partial charge in [0.05, 0.1) is 5.25 Å². The molecule has 3 atom stereocenters. The Morgan fingerprint density at radius 2 is 2.12 bits per heavy atom. The Kier molecular flexibility index (Phi) is 3.61. The minimum atomic E-state index is 0.275. The maximum absolute atomic E-state index is 12.5. The molecule has 3 unspecified atom stereocenters. The van der Waals surface area contributed by atoms with E-state index in [1.54, 1.807) is 0 Å². The van der Waals surface area contributed by atoms with Crippen LogP contribution in [-0.2, 0) is 4.79 Å². The van der Waals surface area contributed by atoms with Crippen LogP contribution in [0.3, 0.4) is 0 Å². The first-order valence-corrected chi connectivity index (χ1v) is 8.06. The summed E-state index contributed by atoms with van der Waals surface area (Å²) in [5, 5.41) is 3.85. The van der Waals surface area contributed by atoms with Crippen LogP contribution in [0.5, 0.6) is 0 Å². The summed E-state index contributed by atoms with van der Waals surface area (Å²) in [5.41, 5.74) is 0. The van der Waals surface area contributed by atoms with Crippen LogP contribution in [0.25, 0.3) is 0 Å². The predicted octanol–water partition coefficient (Wildman–Crippen LogP) is 1.62. The number of likely N-dealkylation sites (tertiary alicyclic amines) is 1. The normalized spacial score (nSPS) is 37.9. The van der Waals surface area contributed by atoms with Gasteiger partial charge in [0.1, 0.15) is 0 Å². The summed E-state index contributed by atoms with van der Waals surface area (Å²) in [6.45, 7) is 2.14. The molecule has 0 saturated carbocycles. The highest BCUT2D eigenvalue weighted by Crippen LogP contribution is 2.32. The Balaban J connectivity index is 1.65. The Hall–Kier alpha value is -0.220. The van der Waals surface area contributed by atoms with E-state index in [-0.39, 0.29) is 5.25 Å². The van der Waals surface area contributed by atoms with Gasteiger partial charge in [0, 0.05) is 18.6 Å². The molecule has 3 nitrogen and oxygen atoms in total. The quantitative estimate of drug-likeness (QED) is 0.813. The van der Waals surface area contributed by atoms with Crippen molar-refractivity contribution in [2.75, 3.05) is 18.8 Å². The van der Waals surface area contributed by atoms with E-state index >= 15 is 0 Å². The van der Waals surface area contributed by atoms with Crippen LogP contribution in [0.2, 0.25) is 0 Å². The molecule has 3 aliphatic rings. The third-order valence-corrected chi connectivity index (χ3v) is 5.71.